The first-order valence-electron chi connectivity index (χ1n) is 5.73. The molecule has 0 unspecified atom stereocenters. The number of amides is 1. The van der Waals surface area contributed by atoms with E-state index < -0.39 is 5.91 Å². The Hall–Kier alpha value is -1.07. The molecule has 0 radical (unpaired) electrons. The zero-order valence-electron chi connectivity index (χ0n) is 9.58. The minimum atomic E-state index is -0.394. The maximum absolute atomic E-state index is 11.1. The first kappa shape index (κ1) is 12.4. The number of hydrogen-bond acceptors (Lipinski definition) is 3. The number of carbonyl (C=O) groups excluding carboxylic acids is 1. The lowest BCUT2D eigenvalue weighted by Crippen LogP contribution is -2.28. The summed E-state index contributed by atoms with van der Waals surface area (Å²) in [5.41, 5.74) is 6.91. The van der Waals surface area contributed by atoms with Crippen LogP contribution in [0.15, 0.2) is 22.7 Å². The van der Waals surface area contributed by atoms with Gasteiger partial charge in [-0.05, 0) is 47.1 Å². The van der Waals surface area contributed by atoms with Crippen LogP contribution < -0.4 is 16.0 Å². The van der Waals surface area contributed by atoms with Crippen LogP contribution in [0.3, 0.4) is 0 Å². The van der Waals surface area contributed by atoms with E-state index >= 15 is 0 Å². The molecule has 0 spiro atoms. The Balaban J connectivity index is 2.22. The molecule has 0 atom stereocenters. The Morgan fingerprint density at radius 2 is 2.18 bits per heavy atom. The van der Waals surface area contributed by atoms with Gasteiger partial charge >= 0.3 is 0 Å². The second-order valence-corrected chi connectivity index (χ2v) is 4.98. The molecular formula is C12H16BrN3O. The van der Waals surface area contributed by atoms with Gasteiger partial charge in [0.25, 0.3) is 0 Å². The van der Waals surface area contributed by atoms with Gasteiger partial charge in [-0.1, -0.05) is 0 Å². The Bertz CT molecular complexity index is 414. The quantitative estimate of drug-likeness (QED) is 0.866. The van der Waals surface area contributed by atoms with Gasteiger partial charge in [0, 0.05) is 29.7 Å². The van der Waals surface area contributed by atoms with Crippen molar-refractivity contribution in [2.75, 3.05) is 31.1 Å². The summed E-state index contributed by atoms with van der Waals surface area (Å²) in [5, 5.41) is 3.36. The summed E-state index contributed by atoms with van der Waals surface area (Å²) in [5.74, 6) is -0.394. The minimum absolute atomic E-state index is 0.394. The third-order valence-electron chi connectivity index (χ3n) is 2.91. The second kappa shape index (κ2) is 5.51. The molecule has 1 amide bonds. The van der Waals surface area contributed by atoms with Crippen molar-refractivity contribution < 1.29 is 4.79 Å². The predicted molar refractivity (Wildman–Crippen MR) is 72.4 cm³/mol. The van der Waals surface area contributed by atoms with Crippen molar-refractivity contribution in [3.8, 4) is 0 Å². The van der Waals surface area contributed by atoms with Gasteiger partial charge in [0.1, 0.15) is 0 Å². The van der Waals surface area contributed by atoms with Gasteiger partial charge in [-0.2, -0.15) is 0 Å². The van der Waals surface area contributed by atoms with Crippen LogP contribution in [0.1, 0.15) is 16.8 Å². The molecule has 17 heavy (non-hydrogen) atoms. The summed E-state index contributed by atoms with van der Waals surface area (Å²) in [6.45, 7) is 4.06. The van der Waals surface area contributed by atoms with Crippen molar-refractivity contribution in [1.29, 1.82) is 0 Å². The number of primary amides is 1. The zero-order valence-corrected chi connectivity index (χ0v) is 11.2. The molecule has 5 heteroatoms. The molecular weight excluding hydrogens is 282 g/mol. The molecule has 0 aliphatic carbocycles. The van der Waals surface area contributed by atoms with Gasteiger partial charge in [-0.15, -0.1) is 0 Å². The van der Waals surface area contributed by atoms with Crippen LogP contribution in [0, 0.1) is 0 Å². The number of carbonyl (C=O) groups is 1. The Labute approximate surface area is 109 Å². The number of nitrogens with two attached hydrogens (primary N) is 1. The van der Waals surface area contributed by atoms with Crippen LogP contribution in [-0.4, -0.2) is 32.1 Å². The molecule has 1 aliphatic rings. The molecule has 3 N–H and O–H groups in total. The van der Waals surface area contributed by atoms with Crippen LogP contribution in [0.4, 0.5) is 5.69 Å². The molecule has 1 fully saturated rings. The number of rotatable bonds is 2. The lowest BCUT2D eigenvalue weighted by Gasteiger charge is -2.23. The van der Waals surface area contributed by atoms with Crippen molar-refractivity contribution in [3.63, 3.8) is 0 Å². The average Bonchev–Trinajstić information content (AvgIpc) is 2.57. The number of benzene rings is 1. The van der Waals surface area contributed by atoms with Crippen molar-refractivity contribution in [2.45, 2.75) is 6.42 Å². The smallest absolute Gasteiger partial charge is 0.248 e. The first-order valence-corrected chi connectivity index (χ1v) is 6.53. The van der Waals surface area contributed by atoms with Crippen molar-refractivity contribution in [2.24, 2.45) is 5.73 Å². The van der Waals surface area contributed by atoms with Crippen LogP contribution in [0.2, 0.25) is 0 Å². The van der Waals surface area contributed by atoms with E-state index in [1.807, 2.05) is 6.07 Å². The highest BCUT2D eigenvalue weighted by Crippen LogP contribution is 2.27. The van der Waals surface area contributed by atoms with Gasteiger partial charge in [0.15, 0.2) is 0 Å². The van der Waals surface area contributed by atoms with Gasteiger partial charge in [-0.25, -0.2) is 0 Å². The van der Waals surface area contributed by atoms with Crippen molar-refractivity contribution in [3.05, 3.63) is 28.2 Å². The van der Waals surface area contributed by atoms with Gasteiger partial charge in [-0.3, -0.25) is 4.79 Å². The van der Waals surface area contributed by atoms with E-state index in [1.54, 1.807) is 12.1 Å². The van der Waals surface area contributed by atoms with E-state index in [0.29, 0.717) is 5.56 Å². The summed E-state index contributed by atoms with van der Waals surface area (Å²) < 4.78 is 0.927. The van der Waals surface area contributed by atoms with Crippen LogP contribution in [0.25, 0.3) is 0 Å². The molecule has 1 heterocycles. The number of nitrogens with zero attached hydrogens (tertiary/aromatic N) is 1. The fourth-order valence-electron chi connectivity index (χ4n) is 2.00. The monoisotopic (exact) mass is 297 g/mol. The highest BCUT2D eigenvalue weighted by Gasteiger charge is 2.13. The molecule has 4 nitrogen and oxygen atoms in total. The number of hydrogen-bond donors (Lipinski definition) is 2. The summed E-state index contributed by atoms with van der Waals surface area (Å²) in [4.78, 5) is 13.4. The topological polar surface area (TPSA) is 58.4 Å². The summed E-state index contributed by atoms with van der Waals surface area (Å²) in [6.07, 6.45) is 1.13. The number of anilines is 1. The first-order chi connectivity index (χ1) is 8.18. The Kier molecular flexibility index (Phi) is 4.02. The largest absolute Gasteiger partial charge is 0.369 e. The molecule has 0 bridgehead atoms. The molecule has 0 saturated carbocycles. The predicted octanol–water partition coefficient (Wildman–Crippen LogP) is 1.35. The molecule has 1 aliphatic heterocycles. The van der Waals surface area contributed by atoms with Crippen LogP contribution >= 0.6 is 15.9 Å². The van der Waals surface area contributed by atoms with Gasteiger partial charge < -0.3 is 16.0 Å². The fourth-order valence-corrected chi connectivity index (χ4v) is 2.63. The summed E-state index contributed by atoms with van der Waals surface area (Å²) in [6, 6.07) is 5.52. The van der Waals surface area contributed by atoms with Gasteiger partial charge in [0.05, 0.1) is 5.69 Å². The molecule has 1 aromatic carbocycles. The van der Waals surface area contributed by atoms with Crippen molar-refractivity contribution >= 4 is 27.5 Å². The second-order valence-electron chi connectivity index (χ2n) is 4.12. The SMILES string of the molecule is NC(=O)c1ccc(N2CCCNCC2)c(Br)c1. The molecule has 0 aromatic heterocycles. The molecule has 1 saturated heterocycles. The van der Waals surface area contributed by atoms with E-state index in [4.69, 9.17) is 5.73 Å². The summed E-state index contributed by atoms with van der Waals surface area (Å²) >= 11 is 3.51. The standard InChI is InChI=1S/C12H16BrN3O/c13-10-8-9(12(14)17)2-3-11(10)16-6-1-4-15-5-7-16/h2-3,8,15H,1,4-7H2,(H2,14,17). The summed E-state index contributed by atoms with van der Waals surface area (Å²) in [7, 11) is 0. The maximum atomic E-state index is 11.1. The van der Waals surface area contributed by atoms with E-state index in [1.165, 1.54) is 0 Å². The lowest BCUT2D eigenvalue weighted by molar-refractivity contribution is 0.100. The highest BCUT2D eigenvalue weighted by molar-refractivity contribution is 9.10. The average molecular weight is 298 g/mol. The van der Waals surface area contributed by atoms with E-state index in [0.717, 1.165) is 42.8 Å². The third-order valence-corrected chi connectivity index (χ3v) is 3.55. The highest BCUT2D eigenvalue weighted by atomic mass is 79.9. The Morgan fingerprint density at radius 1 is 1.35 bits per heavy atom. The molecule has 92 valence electrons. The molecule has 1 aromatic rings. The van der Waals surface area contributed by atoms with Crippen molar-refractivity contribution in [1.82, 2.24) is 5.32 Å². The number of halogens is 1. The lowest BCUT2D eigenvalue weighted by atomic mass is 10.2. The zero-order chi connectivity index (χ0) is 12.3. The third kappa shape index (κ3) is 2.98. The maximum Gasteiger partial charge on any atom is 0.248 e. The van der Waals surface area contributed by atoms with Crippen LogP contribution in [0.5, 0.6) is 0 Å². The van der Waals surface area contributed by atoms with Crippen LogP contribution in [-0.2, 0) is 0 Å². The normalized spacial score (nSPS) is 16.6. The van der Waals surface area contributed by atoms with E-state index in [-0.39, 0.29) is 0 Å². The minimum Gasteiger partial charge on any atom is -0.369 e. The Morgan fingerprint density at radius 3 is 2.88 bits per heavy atom. The molecule has 2 rings (SSSR count). The fraction of sp³-hybridized carbons (Fsp3) is 0.417. The van der Waals surface area contributed by atoms with E-state index in [9.17, 15) is 4.79 Å². The van der Waals surface area contributed by atoms with E-state index in [2.05, 4.69) is 26.1 Å². The van der Waals surface area contributed by atoms with Gasteiger partial charge in [0.2, 0.25) is 5.91 Å². The number of nitrogens with one attached hydrogen (secondary N) is 1.